The first-order chi connectivity index (χ1) is 11.4. The molecule has 0 aliphatic rings. The van der Waals surface area contributed by atoms with Gasteiger partial charge in [-0.1, -0.05) is 13.3 Å². The molecule has 146 valence electrons. The summed E-state index contributed by atoms with van der Waals surface area (Å²) in [5.74, 6) is 0.588. The van der Waals surface area contributed by atoms with E-state index < -0.39 is 11.9 Å². The molecule has 1 aromatic heterocycles. The smallest absolute Gasteiger partial charge is 0.357 e. The zero-order valence-electron chi connectivity index (χ0n) is 14.8. The Labute approximate surface area is 168 Å². The maximum Gasteiger partial charge on any atom is 0.434 e. The van der Waals surface area contributed by atoms with Crippen LogP contribution >= 0.6 is 35.3 Å². The van der Waals surface area contributed by atoms with Crippen LogP contribution in [0.3, 0.4) is 0 Å². The Hall–Kier alpha value is -0.620. The van der Waals surface area contributed by atoms with Crippen molar-refractivity contribution in [3.63, 3.8) is 0 Å². The van der Waals surface area contributed by atoms with E-state index in [0.717, 1.165) is 49.2 Å². The molecule has 0 aromatic carbocycles. The number of halogens is 4. The summed E-state index contributed by atoms with van der Waals surface area (Å²) in [5.41, 5.74) is -0.854. The van der Waals surface area contributed by atoms with Gasteiger partial charge in [-0.25, -0.2) is 9.98 Å². The number of nitrogens with one attached hydrogen (secondary N) is 2. The second-order valence-electron chi connectivity index (χ2n) is 5.40. The molecule has 0 saturated carbocycles. The largest absolute Gasteiger partial charge is 0.434 e. The minimum Gasteiger partial charge on any atom is -0.357 e. The molecule has 1 rings (SSSR count). The SMILES string of the molecule is CCCCN(C)CCNC(=NCc1nc(C(F)(F)F)cs1)NCC.I. The van der Waals surface area contributed by atoms with E-state index >= 15 is 0 Å². The lowest BCUT2D eigenvalue weighted by molar-refractivity contribution is -0.140. The molecule has 0 aliphatic carbocycles. The summed E-state index contributed by atoms with van der Waals surface area (Å²) in [7, 11) is 2.07. The number of aromatic nitrogens is 1. The Morgan fingerprint density at radius 1 is 1.28 bits per heavy atom. The molecular weight excluding hydrogens is 466 g/mol. The zero-order chi connectivity index (χ0) is 18.0. The number of alkyl halides is 3. The van der Waals surface area contributed by atoms with E-state index in [1.54, 1.807) is 0 Å². The summed E-state index contributed by atoms with van der Waals surface area (Å²) in [5, 5.41) is 7.64. The topological polar surface area (TPSA) is 52.5 Å². The van der Waals surface area contributed by atoms with Gasteiger partial charge in [0.25, 0.3) is 0 Å². The molecule has 0 unspecified atom stereocenters. The third-order valence-corrected chi connectivity index (χ3v) is 4.07. The quantitative estimate of drug-likeness (QED) is 0.314. The van der Waals surface area contributed by atoms with Gasteiger partial charge in [0.1, 0.15) is 5.01 Å². The highest BCUT2D eigenvalue weighted by Gasteiger charge is 2.33. The molecular formula is C15H27F3IN5S. The maximum atomic E-state index is 12.5. The minimum atomic E-state index is -4.40. The molecule has 0 saturated heterocycles. The van der Waals surface area contributed by atoms with Crippen molar-refractivity contribution in [3.05, 3.63) is 16.1 Å². The summed E-state index contributed by atoms with van der Waals surface area (Å²) >= 11 is 0.972. The first kappa shape index (κ1) is 24.4. The Morgan fingerprint density at radius 2 is 2.00 bits per heavy atom. The van der Waals surface area contributed by atoms with Crippen LogP contribution in [0.4, 0.5) is 13.2 Å². The lowest BCUT2D eigenvalue weighted by Crippen LogP contribution is -2.41. The van der Waals surface area contributed by atoms with Crippen LogP contribution in [0.15, 0.2) is 10.4 Å². The lowest BCUT2D eigenvalue weighted by Gasteiger charge is -2.17. The van der Waals surface area contributed by atoms with Crippen molar-refractivity contribution in [1.29, 1.82) is 0 Å². The van der Waals surface area contributed by atoms with Gasteiger partial charge in [0.2, 0.25) is 0 Å². The van der Waals surface area contributed by atoms with Crippen LogP contribution in [0.1, 0.15) is 37.4 Å². The van der Waals surface area contributed by atoms with Gasteiger partial charge in [-0.05, 0) is 26.9 Å². The van der Waals surface area contributed by atoms with Crippen LogP contribution in [-0.4, -0.2) is 49.1 Å². The average molecular weight is 493 g/mol. The van der Waals surface area contributed by atoms with Crippen LogP contribution in [0.2, 0.25) is 0 Å². The molecule has 10 heteroatoms. The number of aliphatic imine (C=N–C) groups is 1. The van der Waals surface area contributed by atoms with Gasteiger partial charge in [0, 0.05) is 25.0 Å². The van der Waals surface area contributed by atoms with Crippen LogP contribution in [0.5, 0.6) is 0 Å². The van der Waals surface area contributed by atoms with E-state index in [-0.39, 0.29) is 30.5 Å². The highest BCUT2D eigenvalue weighted by Crippen LogP contribution is 2.30. The van der Waals surface area contributed by atoms with E-state index in [4.69, 9.17) is 0 Å². The van der Waals surface area contributed by atoms with Gasteiger partial charge < -0.3 is 15.5 Å². The Kier molecular flexibility index (Phi) is 12.4. The molecule has 5 nitrogen and oxygen atoms in total. The van der Waals surface area contributed by atoms with Gasteiger partial charge in [0.15, 0.2) is 11.7 Å². The van der Waals surface area contributed by atoms with Gasteiger partial charge >= 0.3 is 6.18 Å². The van der Waals surface area contributed by atoms with Gasteiger partial charge in [-0.2, -0.15) is 13.2 Å². The fourth-order valence-electron chi connectivity index (χ4n) is 1.91. The summed E-state index contributed by atoms with van der Waals surface area (Å²) < 4.78 is 37.6. The molecule has 0 atom stereocenters. The predicted molar refractivity (Wildman–Crippen MR) is 108 cm³/mol. The average Bonchev–Trinajstić information content (AvgIpc) is 2.99. The minimum absolute atomic E-state index is 0. The fourth-order valence-corrected chi connectivity index (χ4v) is 2.63. The van der Waals surface area contributed by atoms with Gasteiger partial charge in [0.05, 0.1) is 6.54 Å². The van der Waals surface area contributed by atoms with Crippen molar-refractivity contribution in [2.45, 2.75) is 39.4 Å². The van der Waals surface area contributed by atoms with Crippen LogP contribution < -0.4 is 10.6 Å². The highest BCUT2D eigenvalue weighted by atomic mass is 127. The number of unbranched alkanes of at least 4 members (excludes halogenated alkanes) is 1. The van der Waals surface area contributed by atoms with Gasteiger partial charge in [-0.15, -0.1) is 35.3 Å². The van der Waals surface area contributed by atoms with Crippen molar-refractivity contribution < 1.29 is 13.2 Å². The summed E-state index contributed by atoms with van der Waals surface area (Å²) in [6.07, 6.45) is -2.07. The van der Waals surface area contributed by atoms with Crippen LogP contribution in [0.25, 0.3) is 0 Å². The first-order valence-electron chi connectivity index (χ1n) is 8.09. The fraction of sp³-hybridized carbons (Fsp3) is 0.733. The molecule has 0 aliphatic heterocycles. The zero-order valence-corrected chi connectivity index (χ0v) is 18.0. The van der Waals surface area contributed by atoms with Crippen LogP contribution in [0, 0.1) is 0 Å². The van der Waals surface area contributed by atoms with E-state index in [2.05, 4.69) is 39.5 Å². The first-order valence-corrected chi connectivity index (χ1v) is 8.97. The second kappa shape index (κ2) is 12.7. The number of thiazole rings is 1. The number of hydrogen-bond acceptors (Lipinski definition) is 4. The molecule has 0 fully saturated rings. The summed E-state index contributed by atoms with van der Waals surface area (Å²) in [4.78, 5) is 10.1. The standard InChI is InChI=1S/C15H26F3N5S.HI/c1-4-6-8-23(3)9-7-20-14(19-5-2)21-10-13-22-12(11-24-13)15(16,17)18;/h11H,4-10H2,1-3H3,(H2,19,20,21);1H. The molecule has 0 bridgehead atoms. The molecule has 0 amide bonds. The Bertz CT molecular complexity index is 508. The number of rotatable bonds is 9. The van der Waals surface area contributed by atoms with Crippen molar-refractivity contribution in [2.24, 2.45) is 4.99 Å². The summed E-state index contributed by atoms with van der Waals surface area (Å²) in [6, 6.07) is 0. The second-order valence-corrected chi connectivity index (χ2v) is 6.35. The normalized spacial score (nSPS) is 12.2. The maximum absolute atomic E-state index is 12.5. The molecule has 25 heavy (non-hydrogen) atoms. The van der Waals surface area contributed by atoms with E-state index in [9.17, 15) is 13.2 Å². The monoisotopic (exact) mass is 493 g/mol. The molecule has 0 radical (unpaired) electrons. The lowest BCUT2D eigenvalue weighted by atomic mass is 10.3. The molecule has 1 aromatic rings. The molecule has 0 spiro atoms. The molecule has 2 N–H and O–H groups in total. The van der Waals surface area contributed by atoms with Crippen molar-refractivity contribution >= 4 is 41.3 Å². The third kappa shape index (κ3) is 10.2. The number of likely N-dealkylation sites (N-methyl/N-ethyl adjacent to an activating group) is 1. The van der Waals surface area contributed by atoms with Crippen LogP contribution in [-0.2, 0) is 12.7 Å². The van der Waals surface area contributed by atoms with E-state index in [1.807, 2.05) is 6.92 Å². The Morgan fingerprint density at radius 3 is 2.56 bits per heavy atom. The van der Waals surface area contributed by atoms with E-state index in [0.29, 0.717) is 17.5 Å². The number of guanidine groups is 1. The van der Waals surface area contributed by atoms with Crippen molar-refractivity contribution in [3.8, 4) is 0 Å². The number of nitrogens with zero attached hydrogens (tertiary/aromatic N) is 3. The Balaban J connectivity index is 0.00000576. The summed E-state index contributed by atoms with van der Waals surface area (Å²) in [6.45, 7) is 7.55. The van der Waals surface area contributed by atoms with Gasteiger partial charge in [-0.3, -0.25) is 0 Å². The van der Waals surface area contributed by atoms with Crippen molar-refractivity contribution in [1.82, 2.24) is 20.5 Å². The molecule has 1 heterocycles. The third-order valence-electron chi connectivity index (χ3n) is 3.24. The predicted octanol–water partition coefficient (Wildman–Crippen LogP) is 3.57. The van der Waals surface area contributed by atoms with E-state index in [1.165, 1.54) is 0 Å². The number of hydrogen-bond donors (Lipinski definition) is 2. The highest BCUT2D eigenvalue weighted by molar-refractivity contribution is 14.0. The van der Waals surface area contributed by atoms with Crippen molar-refractivity contribution in [2.75, 3.05) is 33.2 Å².